The van der Waals surface area contributed by atoms with Crippen LogP contribution in [0.15, 0.2) is 33.1 Å². The van der Waals surface area contributed by atoms with E-state index in [1.54, 1.807) is 24.3 Å². The summed E-state index contributed by atoms with van der Waals surface area (Å²) in [5.41, 5.74) is 0.405. The second-order valence-electron chi connectivity index (χ2n) is 7.05. The largest absolute Gasteiger partial charge is 0.454 e. The fourth-order valence-corrected chi connectivity index (χ4v) is 4.84. The van der Waals surface area contributed by atoms with E-state index in [1.165, 1.54) is 4.57 Å². The van der Waals surface area contributed by atoms with Crippen LogP contribution in [-0.2, 0) is 16.1 Å². The zero-order valence-corrected chi connectivity index (χ0v) is 19.3. The van der Waals surface area contributed by atoms with Crippen molar-refractivity contribution in [1.82, 2.24) is 25.0 Å². The molecule has 0 aliphatic carbocycles. The summed E-state index contributed by atoms with van der Waals surface area (Å²) in [6.45, 7) is 2.78. The normalized spacial score (nSPS) is 16.2. The number of fused-ring (bicyclic) bond motifs is 1. The minimum Gasteiger partial charge on any atom is -0.454 e. The fourth-order valence-electron chi connectivity index (χ4n) is 3.17. The van der Waals surface area contributed by atoms with Gasteiger partial charge in [0.2, 0.25) is 12.7 Å². The van der Waals surface area contributed by atoms with Crippen molar-refractivity contribution >= 4 is 46.7 Å². The fraction of sp³-hybridized carbons (Fsp3) is 0.350. The number of hydrogen-bond donors (Lipinski definition) is 2. The maximum Gasteiger partial charge on any atom is 0.343 e. The third kappa shape index (κ3) is 5.25. The highest BCUT2D eigenvalue weighted by atomic mass is 32.2. The van der Waals surface area contributed by atoms with E-state index < -0.39 is 11.1 Å². The monoisotopic (exact) mass is 491 g/mol. The molecule has 0 spiro atoms. The average molecular weight is 492 g/mol. The van der Waals surface area contributed by atoms with Gasteiger partial charge < -0.3 is 14.8 Å². The highest BCUT2D eigenvalue weighted by molar-refractivity contribution is 8.18. The molecule has 33 heavy (non-hydrogen) atoms. The van der Waals surface area contributed by atoms with Crippen LogP contribution in [0.5, 0.6) is 11.5 Å². The third-order valence-electron chi connectivity index (χ3n) is 4.73. The molecule has 0 atom stereocenters. The molecule has 3 heterocycles. The van der Waals surface area contributed by atoms with Gasteiger partial charge in [0.05, 0.1) is 10.7 Å². The van der Waals surface area contributed by atoms with Gasteiger partial charge in [0.25, 0.3) is 11.1 Å². The summed E-state index contributed by atoms with van der Waals surface area (Å²) in [4.78, 5) is 50.2. The average Bonchev–Trinajstić information content (AvgIpc) is 3.47. The van der Waals surface area contributed by atoms with E-state index in [0.29, 0.717) is 28.1 Å². The summed E-state index contributed by atoms with van der Waals surface area (Å²) < 4.78 is 12.1. The van der Waals surface area contributed by atoms with Crippen molar-refractivity contribution in [2.45, 2.75) is 25.0 Å². The van der Waals surface area contributed by atoms with Crippen molar-refractivity contribution in [1.29, 1.82) is 0 Å². The van der Waals surface area contributed by atoms with E-state index in [0.717, 1.165) is 40.4 Å². The number of carbonyl (C=O) groups excluding carboxylic acids is 3. The molecule has 2 aliphatic rings. The van der Waals surface area contributed by atoms with Gasteiger partial charge in [-0.05, 0) is 42.0 Å². The lowest BCUT2D eigenvalue weighted by Crippen LogP contribution is -2.37. The smallest absolute Gasteiger partial charge is 0.343 e. The second kappa shape index (κ2) is 10.2. The highest BCUT2D eigenvalue weighted by Crippen LogP contribution is 2.36. The Morgan fingerprint density at radius 2 is 2.09 bits per heavy atom. The molecule has 0 bridgehead atoms. The van der Waals surface area contributed by atoms with Gasteiger partial charge in [0.15, 0.2) is 16.7 Å². The molecule has 4 rings (SSSR count). The SMILES string of the molecule is CCCn1c(SCC(=O)NCCN2C(=O)S/C(=C\c3ccc4c(c3)OCO4)C2=O)n[nH]c1=O. The molecule has 0 unspecified atom stereocenters. The first-order valence-corrected chi connectivity index (χ1v) is 12.0. The molecule has 3 amide bonds. The number of thioether (sulfide) groups is 2. The number of imide groups is 1. The Balaban J connectivity index is 1.27. The molecule has 1 aromatic heterocycles. The Bertz CT molecular complexity index is 1170. The number of ether oxygens (including phenoxy) is 2. The van der Waals surface area contributed by atoms with E-state index in [2.05, 4.69) is 15.5 Å². The number of H-pyrrole nitrogens is 1. The van der Waals surface area contributed by atoms with Crippen molar-refractivity contribution in [2.24, 2.45) is 0 Å². The van der Waals surface area contributed by atoms with E-state index >= 15 is 0 Å². The zero-order chi connectivity index (χ0) is 23.4. The van der Waals surface area contributed by atoms with Crippen molar-refractivity contribution in [3.05, 3.63) is 39.2 Å². The maximum absolute atomic E-state index is 12.6. The van der Waals surface area contributed by atoms with Gasteiger partial charge in [-0.3, -0.25) is 23.9 Å². The molecule has 11 nitrogen and oxygen atoms in total. The molecular formula is C20H21N5O6S2. The lowest BCUT2D eigenvalue weighted by Gasteiger charge is -2.13. The first kappa shape index (κ1) is 23.0. The van der Waals surface area contributed by atoms with Gasteiger partial charge in [0, 0.05) is 19.6 Å². The number of carbonyl (C=O) groups is 3. The summed E-state index contributed by atoms with van der Waals surface area (Å²) >= 11 is 1.99. The maximum atomic E-state index is 12.6. The number of hydrogen-bond acceptors (Lipinski definition) is 9. The first-order chi connectivity index (χ1) is 16.0. The molecule has 0 saturated carbocycles. The zero-order valence-electron chi connectivity index (χ0n) is 17.7. The van der Waals surface area contributed by atoms with Crippen LogP contribution >= 0.6 is 23.5 Å². The van der Waals surface area contributed by atoms with Crippen LogP contribution in [0, 0.1) is 0 Å². The van der Waals surface area contributed by atoms with E-state index in [9.17, 15) is 19.2 Å². The summed E-state index contributed by atoms with van der Waals surface area (Å²) in [5.74, 6) is 0.577. The molecule has 13 heteroatoms. The Hall–Kier alpha value is -3.19. The second-order valence-corrected chi connectivity index (χ2v) is 8.98. The molecule has 1 saturated heterocycles. The summed E-state index contributed by atoms with van der Waals surface area (Å²) in [6, 6.07) is 5.27. The lowest BCUT2D eigenvalue weighted by atomic mass is 10.2. The van der Waals surface area contributed by atoms with Crippen molar-refractivity contribution in [3.63, 3.8) is 0 Å². The van der Waals surface area contributed by atoms with Crippen LogP contribution in [0.4, 0.5) is 4.79 Å². The molecule has 1 fully saturated rings. The minimum absolute atomic E-state index is 0.0555. The predicted molar refractivity (Wildman–Crippen MR) is 122 cm³/mol. The van der Waals surface area contributed by atoms with Crippen LogP contribution in [-0.4, -0.2) is 62.4 Å². The summed E-state index contributed by atoms with van der Waals surface area (Å²) in [5, 5.41) is 9.02. The number of amides is 3. The number of rotatable bonds is 9. The Kier molecular flexibility index (Phi) is 7.08. The van der Waals surface area contributed by atoms with Crippen LogP contribution in [0.2, 0.25) is 0 Å². The van der Waals surface area contributed by atoms with Crippen LogP contribution in [0.3, 0.4) is 0 Å². The Morgan fingerprint density at radius 3 is 2.91 bits per heavy atom. The van der Waals surface area contributed by atoms with Crippen molar-refractivity contribution < 1.29 is 23.9 Å². The standard InChI is InChI=1S/C20H21N5O6S2/c1-2-6-25-18(28)22-23-19(25)32-10-16(26)21-5-7-24-17(27)15(33-20(24)29)9-12-3-4-13-14(8-12)31-11-30-13/h3-4,8-9H,2,5-7,10-11H2,1H3,(H,21,26)(H,22,28)/b15-9-. The summed E-state index contributed by atoms with van der Waals surface area (Å²) in [6.07, 6.45) is 2.39. The predicted octanol–water partition coefficient (Wildman–Crippen LogP) is 1.65. The number of aromatic amines is 1. The van der Waals surface area contributed by atoms with Gasteiger partial charge in [-0.2, -0.15) is 0 Å². The molecule has 0 radical (unpaired) electrons. The van der Waals surface area contributed by atoms with Gasteiger partial charge in [-0.1, -0.05) is 24.8 Å². The van der Waals surface area contributed by atoms with Crippen molar-refractivity contribution in [2.75, 3.05) is 25.6 Å². The number of nitrogens with zero attached hydrogens (tertiary/aromatic N) is 3. The molecule has 174 valence electrons. The van der Waals surface area contributed by atoms with E-state index in [1.807, 2.05) is 6.92 Å². The highest BCUT2D eigenvalue weighted by Gasteiger charge is 2.34. The molecule has 2 aromatic rings. The Labute approximate surface area is 196 Å². The molecular weight excluding hydrogens is 470 g/mol. The molecule has 2 aliphatic heterocycles. The van der Waals surface area contributed by atoms with Crippen LogP contribution in [0.25, 0.3) is 6.08 Å². The minimum atomic E-state index is -0.411. The van der Waals surface area contributed by atoms with E-state index in [-0.39, 0.29) is 37.2 Å². The number of benzene rings is 1. The molecule has 2 N–H and O–H groups in total. The first-order valence-electron chi connectivity index (χ1n) is 10.2. The van der Waals surface area contributed by atoms with Gasteiger partial charge in [0.1, 0.15) is 0 Å². The number of aromatic nitrogens is 3. The summed E-state index contributed by atoms with van der Waals surface area (Å²) in [7, 11) is 0. The Morgan fingerprint density at radius 1 is 1.27 bits per heavy atom. The van der Waals surface area contributed by atoms with Gasteiger partial charge >= 0.3 is 5.69 Å². The third-order valence-corrected chi connectivity index (χ3v) is 6.61. The van der Waals surface area contributed by atoms with Crippen LogP contribution < -0.4 is 20.5 Å². The van der Waals surface area contributed by atoms with Crippen LogP contribution in [0.1, 0.15) is 18.9 Å². The van der Waals surface area contributed by atoms with Gasteiger partial charge in [-0.25, -0.2) is 9.89 Å². The van der Waals surface area contributed by atoms with Crippen molar-refractivity contribution in [3.8, 4) is 11.5 Å². The number of nitrogens with one attached hydrogen (secondary N) is 2. The topological polar surface area (TPSA) is 136 Å². The lowest BCUT2D eigenvalue weighted by molar-refractivity contribution is -0.123. The van der Waals surface area contributed by atoms with Gasteiger partial charge in [-0.15, -0.1) is 5.10 Å². The quantitative estimate of drug-likeness (QED) is 0.396. The van der Waals surface area contributed by atoms with E-state index in [4.69, 9.17) is 9.47 Å². The molecule has 1 aromatic carbocycles.